The van der Waals surface area contributed by atoms with Crippen LogP contribution in [0.5, 0.6) is 0 Å². The molecule has 1 aliphatic heterocycles. The van der Waals surface area contributed by atoms with Gasteiger partial charge in [-0.2, -0.15) is 0 Å². The predicted molar refractivity (Wildman–Crippen MR) is 78.1 cm³/mol. The fraction of sp³-hybridized carbons (Fsp3) is 0.692. The van der Waals surface area contributed by atoms with Gasteiger partial charge in [0.2, 0.25) is 10.1 Å². The lowest BCUT2D eigenvalue weighted by atomic mass is 9.93. The monoisotopic (exact) mass is 296 g/mol. The second-order valence-corrected chi connectivity index (χ2v) is 7.11. The second kappa shape index (κ2) is 5.31. The summed E-state index contributed by atoms with van der Waals surface area (Å²) in [5, 5.41) is 5.14. The zero-order valence-electron chi connectivity index (χ0n) is 12.0. The van der Waals surface area contributed by atoms with Crippen molar-refractivity contribution >= 4 is 21.4 Å². The number of nitrogens with zero attached hydrogens (tertiary/aromatic N) is 3. The normalized spacial score (nSPS) is 19.9. The third-order valence-corrected chi connectivity index (χ3v) is 4.13. The highest BCUT2D eigenvalue weighted by Crippen LogP contribution is 2.25. The molecule has 0 saturated carbocycles. The highest BCUT2D eigenvalue weighted by atomic mass is 32.1. The molecule has 1 unspecified atom stereocenters. The number of hydrogen-bond acceptors (Lipinski definition) is 6. The highest BCUT2D eigenvalue weighted by Gasteiger charge is 2.20. The van der Waals surface area contributed by atoms with Crippen molar-refractivity contribution in [3.05, 3.63) is 11.9 Å². The average molecular weight is 296 g/mol. The second-order valence-electron chi connectivity index (χ2n) is 6.15. The topological polar surface area (TPSA) is 60.7 Å². The Morgan fingerprint density at radius 2 is 2.40 bits per heavy atom. The van der Waals surface area contributed by atoms with Crippen molar-refractivity contribution < 1.29 is 9.57 Å². The largest absolute Gasteiger partial charge is 0.381 e. The molecule has 0 amide bonds. The van der Waals surface area contributed by atoms with Gasteiger partial charge in [-0.1, -0.05) is 32.1 Å². The van der Waals surface area contributed by atoms with E-state index >= 15 is 0 Å². The fourth-order valence-electron chi connectivity index (χ4n) is 2.04. The quantitative estimate of drug-likeness (QED) is 0.878. The van der Waals surface area contributed by atoms with Gasteiger partial charge >= 0.3 is 0 Å². The third kappa shape index (κ3) is 2.94. The summed E-state index contributed by atoms with van der Waals surface area (Å²) in [7, 11) is 0. The SMILES string of the molecule is CC(C)(C)c1cn2nc(NOCC3CCOC3)sc2n1. The van der Waals surface area contributed by atoms with Crippen molar-refractivity contribution in [1.29, 1.82) is 0 Å². The molecular formula is C13H20N4O2S. The molecule has 1 atom stereocenters. The van der Waals surface area contributed by atoms with E-state index in [4.69, 9.17) is 9.57 Å². The van der Waals surface area contributed by atoms with Crippen molar-refractivity contribution in [2.45, 2.75) is 32.6 Å². The summed E-state index contributed by atoms with van der Waals surface area (Å²) in [5.41, 5.74) is 3.99. The minimum atomic E-state index is 0.0417. The molecule has 2 aromatic rings. The molecule has 0 bridgehead atoms. The summed E-state index contributed by atoms with van der Waals surface area (Å²) in [6.07, 6.45) is 3.04. The number of nitrogens with one attached hydrogen (secondary N) is 1. The first-order valence-electron chi connectivity index (χ1n) is 6.84. The Kier molecular flexibility index (Phi) is 3.66. The van der Waals surface area contributed by atoms with Crippen LogP contribution in [0.15, 0.2) is 6.20 Å². The lowest BCUT2D eigenvalue weighted by molar-refractivity contribution is 0.127. The zero-order valence-corrected chi connectivity index (χ0v) is 12.9. The Hall–Kier alpha value is -1.18. The summed E-state index contributed by atoms with van der Waals surface area (Å²) >= 11 is 1.49. The first kappa shape index (κ1) is 13.8. The van der Waals surface area contributed by atoms with E-state index in [1.54, 1.807) is 4.52 Å². The van der Waals surface area contributed by atoms with E-state index in [9.17, 15) is 0 Å². The van der Waals surface area contributed by atoms with Gasteiger partial charge in [0.25, 0.3) is 0 Å². The molecule has 1 N–H and O–H groups in total. The first-order valence-corrected chi connectivity index (χ1v) is 7.66. The van der Waals surface area contributed by atoms with Crippen LogP contribution in [0.25, 0.3) is 4.96 Å². The van der Waals surface area contributed by atoms with Crippen LogP contribution in [0.4, 0.5) is 5.13 Å². The van der Waals surface area contributed by atoms with Gasteiger partial charge in [-0.15, -0.1) is 5.10 Å². The summed E-state index contributed by atoms with van der Waals surface area (Å²) < 4.78 is 7.11. The molecule has 3 heterocycles. The number of ether oxygens (including phenoxy) is 1. The summed E-state index contributed by atoms with van der Waals surface area (Å²) in [6, 6.07) is 0. The molecule has 1 aliphatic rings. The minimum Gasteiger partial charge on any atom is -0.381 e. The van der Waals surface area contributed by atoms with Gasteiger partial charge in [0, 0.05) is 17.9 Å². The van der Waals surface area contributed by atoms with Gasteiger partial charge in [-0.3, -0.25) is 4.84 Å². The highest BCUT2D eigenvalue weighted by molar-refractivity contribution is 7.20. The molecule has 3 rings (SSSR count). The van der Waals surface area contributed by atoms with E-state index in [2.05, 4.69) is 36.3 Å². The van der Waals surface area contributed by atoms with Crippen molar-refractivity contribution in [3.8, 4) is 0 Å². The Labute approximate surface area is 122 Å². The van der Waals surface area contributed by atoms with Crippen LogP contribution in [0, 0.1) is 5.92 Å². The number of rotatable bonds is 4. The van der Waals surface area contributed by atoms with E-state index in [1.165, 1.54) is 11.3 Å². The smallest absolute Gasteiger partial charge is 0.229 e. The molecule has 1 fully saturated rings. The number of hydrogen-bond donors (Lipinski definition) is 1. The van der Waals surface area contributed by atoms with Gasteiger partial charge in [-0.05, 0) is 6.42 Å². The van der Waals surface area contributed by atoms with Crippen LogP contribution < -0.4 is 5.48 Å². The molecule has 6 nitrogen and oxygen atoms in total. The van der Waals surface area contributed by atoms with E-state index in [-0.39, 0.29) is 5.41 Å². The van der Waals surface area contributed by atoms with Crippen molar-refractivity contribution in [2.75, 3.05) is 25.3 Å². The van der Waals surface area contributed by atoms with E-state index in [1.807, 2.05) is 6.20 Å². The van der Waals surface area contributed by atoms with E-state index < -0.39 is 0 Å². The molecule has 1 saturated heterocycles. The lowest BCUT2D eigenvalue weighted by Crippen LogP contribution is -2.13. The van der Waals surface area contributed by atoms with Crippen LogP contribution in [0.3, 0.4) is 0 Å². The molecule has 7 heteroatoms. The molecule has 0 spiro atoms. The van der Waals surface area contributed by atoms with Crippen molar-refractivity contribution in [2.24, 2.45) is 5.92 Å². The van der Waals surface area contributed by atoms with E-state index in [0.29, 0.717) is 12.5 Å². The summed E-state index contributed by atoms with van der Waals surface area (Å²) in [4.78, 5) is 11.0. The summed E-state index contributed by atoms with van der Waals surface area (Å²) in [6.45, 7) is 8.71. The number of fused-ring (bicyclic) bond motifs is 1. The molecular weight excluding hydrogens is 276 g/mol. The van der Waals surface area contributed by atoms with Crippen LogP contribution in [0.1, 0.15) is 32.9 Å². The molecule has 0 aliphatic carbocycles. The maximum absolute atomic E-state index is 5.48. The lowest BCUT2D eigenvalue weighted by Gasteiger charge is -2.13. The van der Waals surface area contributed by atoms with Gasteiger partial charge in [0.15, 0.2) is 0 Å². The Balaban J connectivity index is 1.60. The summed E-state index contributed by atoms with van der Waals surface area (Å²) in [5.74, 6) is 0.485. The molecule has 110 valence electrons. The number of aromatic nitrogens is 3. The Bertz CT molecular complexity index is 549. The maximum Gasteiger partial charge on any atom is 0.229 e. The predicted octanol–water partition coefficient (Wildman–Crippen LogP) is 2.47. The van der Waals surface area contributed by atoms with Gasteiger partial charge in [-0.25, -0.2) is 15.0 Å². The Morgan fingerprint density at radius 3 is 3.05 bits per heavy atom. The van der Waals surface area contributed by atoms with Crippen molar-refractivity contribution in [1.82, 2.24) is 14.6 Å². The molecule has 0 radical (unpaired) electrons. The first-order chi connectivity index (χ1) is 9.52. The zero-order chi connectivity index (χ0) is 14.2. The van der Waals surface area contributed by atoms with Gasteiger partial charge in [0.05, 0.1) is 25.1 Å². The third-order valence-electron chi connectivity index (χ3n) is 3.31. The maximum atomic E-state index is 5.48. The van der Waals surface area contributed by atoms with Crippen molar-refractivity contribution in [3.63, 3.8) is 0 Å². The van der Waals surface area contributed by atoms with Crippen LogP contribution in [0.2, 0.25) is 0 Å². The molecule has 0 aromatic carbocycles. The Morgan fingerprint density at radius 1 is 1.55 bits per heavy atom. The fourth-order valence-corrected chi connectivity index (χ4v) is 2.77. The molecule has 2 aromatic heterocycles. The van der Waals surface area contributed by atoms with Crippen LogP contribution in [-0.4, -0.2) is 34.4 Å². The number of imidazole rings is 1. The van der Waals surface area contributed by atoms with Crippen LogP contribution >= 0.6 is 11.3 Å². The van der Waals surface area contributed by atoms with Crippen LogP contribution in [-0.2, 0) is 15.0 Å². The number of anilines is 1. The molecule has 20 heavy (non-hydrogen) atoms. The van der Waals surface area contributed by atoms with E-state index in [0.717, 1.165) is 35.4 Å². The van der Waals surface area contributed by atoms with Gasteiger partial charge < -0.3 is 4.74 Å². The minimum absolute atomic E-state index is 0.0417. The standard InChI is InChI=1S/C13H20N4O2S/c1-13(2,3)10-6-17-12(14-10)20-11(15-17)16-19-8-9-4-5-18-7-9/h6,9H,4-5,7-8H2,1-3H3,(H,15,16). The average Bonchev–Trinajstić information content (AvgIpc) is 3.01. The van der Waals surface area contributed by atoms with Gasteiger partial charge in [0.1, 0.15) is 0 Å².